The second kappa shape index (κ2) is 8.63. The zero-order chi connectivity index (χ0) is 22.8. The van der Waals surface area contributed by atoms with Gasteiger partial charge in [0.1, 0.15) is 11.6 Å². The van der Waals surface area contributed by atoms with Crippen molar-refractivity contribution in [2.45, 2.75) is 20.1 Å². The molecule has 0 radical (unpaired) electrons. The van der Waals surface area contributed by atoms with Crippen LogP contribution in [0.3, 0.4) is 0 Å². The van der Waals surface area contributed by atoms with Crippen LogP contribution in [-0.4, -0.2) is 42.0 Å². The van der Waals surface area contributed by atoms with Gasteiger partial charge in [0.25, 0.3) is 5.91 Å². The van der Waals surface area contributed by atoms with Crippen molar-refractivity contribution < 1.29 is 33.5 Å². The van der Waals surface area contributed by atoms with Crippen LogP contribution in [0.4, 0.5) is 15.8 Å². The van der Waals surface area contributed by atoms with Crippen molar-refractivity contribution in [1.29, 1.82) is 0 Å². The van der Waals surface area contributed by atoms with Crippen LogP contribution in [0.5, 0.6) is 5.75 Å². The first-order chi connectivity index (χ1) is 15.4. The fourth-order valence-electron chi connectivity index (χ4n) is 3.59. The van der Waals surface area contributed by atoms with E-state index in [0.29, 0.717) is 33.8 Å². The highest BCUT2D eigenvalue weighted by molar-refractivity contribution is 6.54. The average molecular weight is 442 g/mol. The molecule has 3 N–H and O–H groups in total. The summed E-state index contributed by atoms with van der Waals surface area (Å²) in [5.74, 6) is -1.47. The van der Waals surface area contributed by atoms with E-state index in [9.17, 15) is 24.0 Å². The van der Waals surface area contributed by atoms with Gasteiger partial charge in [-0.2, -0.15) is 0 Å². The van der Waals surface area contributed by atoms with Crippen LogP contribution < -0.4 is 20.3 Å². The number of benzene rings is 2. The molecule has 0 atom stereocenters. The van der Waals surface area contributed by atoms with Crippen molar-refractivity contribution in [3.05, 3.63) is 52.8 Å². The van der Waals surface area contributed by atoms with Gasteiger partial charge in [-0.3, -0.25) is 14.4 Å². The number of nitrogens with zero attached hydrogens (tertiary/aromatic N) is 2. The Hall–Kier alpha value is -3.99. The SMILES string of the molecule is CC(=O)NCC(=O)Nc1ccc2c(c1)N(Cc1cc(F)cc3c1OCOC3)C(=O)/C2=N\O. The first-order valence-electron chi connectivity index (χ1n) is 9.62. The summed E-state index contributed by atoms with van der Waals surface area (Å²) in [6.07, 6.45) is 0. The number of fused-ring (bicyclic) bond motifs is 2. The van der Waals surface area contributed by atoms with Gasteiger partial charge in [0.2, 0.25) is 11.8 Å². The minimum atomic E-state index is -0.589. The topological polar surface area (TPSA) is 130 Å². The van der Waals surface area contributed by atoms with Crippen LogP contribution in [0.1, 0.15) is 23.6 Å². The quantitative estimate of drug-likeness (QED) is 0.475. The third-order valence-electron chi connectivity index (χ3n) is 4.95. The lowest BCUT2D eigenvalue weighted by Crippen LogP contribution is -2.31. The Bertz CT molecular complexity index is 1150. The number of nitrogens with one attached hydrogen (secondary N) is 2. The van der Waals surface area contributed by atoms with Gasteiger partial charge in [-0.05, 0) is 30.3 Å². The van der Waals surface area contributed by atoms with E-state index in [4.69, 9.17) is 9.47 Å². The van der Waals surface area contributed by atoms with Crippen molar-refractivity contribution in [2.24, 2.45) is 5.16 Å². The molecule has 0 bridgehead atoms. The minimum Gasteiger partial charge on any atom is -0.467 e. The molecule has 166 valence electrons. The molecule has 2 aliphatic heterocycles. The van der Waals surface area contributed by atoms with Gasteiger partial charge >= 0.3 is 0 Å². The lowest BCUT2D eigenvalue weighted by atomic mass is 10.1. The Morgan fingerprint density at radius 2 is 2.09 bits per heavy atom. The molecule has 0 saturated carbocycles. The lowest BCUT2D eigenvalue weighted by molar-refractivity contribution is -0.122. The molecule has 10 nitrogen and oxygen atoms in total. The molecule has 32 heavy (non-hydrogen) atoms. The Morgan fingerprint density at radius 1 is 1.28 bits per heavy atom. The molecule has 2 aromatic carbocycles. The molecule has 0 unspecified atom stereocenters. The Labute approximate surface area is 181 Å². The maximum atomic E-state index is 14.1. The third-order valence-corrected chi connectivity index (χ3v) is 4.95. The smallest absolute Gasteiger partial charge is 0.281 e. The van der Waals surface area contributed by atoms with Crippen LogP contribution in [0, 0.1) is 5.82 Å². The zero-order valence-electron chi connectivity index (χ0n) is 17.0. The fraction of sp³-hybridized carbons (Fsp3) is 0.238. The first-order valence-corrected chi connectivity index (χ1v) is 9.62. The summed E-state index contributed by atoms with van der Waals surface area (Å²) in [6, 6.07) is 7.18. The van der Waals surface area contributed by atoms with Gasteiger partial charge in [0, 0.05) is 29.3 Å². The number of rotatable bonds is 5. The minimum absolute atomic E-state index is 0.00396. The molecule has 2 aromatic rings. The molecule has 3 amide bonds. The molecule has 4 rings (SSSR count). The second-order valence-corrected chi connectivity index (χ2v) is 7.19. The van der Waals surface area contributed by atoms with Gasteiger partial charge in [-0.1, -0.05) is 5.16 Å². The Morgan fingerprint density at radius 3 is 2.84 bits per heavy atom. The predicted molar refractivity (Wildman–Crippen MR) is 110 cm³/mol. The van der Waals surface area contributed by atoms with Crippen molar-refractivity contribution >= 4 is 34.8 Å². The van der Waals surface area contributed by atoms with Gasteiger partial charge < -0.3 is 30.2 Å². The number of ether oxygens (including phenoxy) is 2. The van der Waals surface area contributed by atoms with Crippen molar-refractivity contribution in [2.75, 3.05) is 23.6 Å². The van der Waals surface area contributed by atoms with E-state index in [2.05, 4.69) is 15.8 Å². The number of amides is 3. The van der Waals surface area contributed by atoms with E-state index in [1.807, 2.05) is 0 Å². The average Bonchev–Trinajstić information content (AvgIpc) is 3.02. The lowest BCUT2D eigenvalue weighted by Gasteiger charge is -2.24. The number of anilines is 2. The van der Waals surface area contributed by atoms with Crippen molar-refractivity contribution in [3.63, 3.8) is 0 Å². The summed E-state index contributed by atoms with van der Waals surface area (Å²) in [5, 5.41) is 17.5. The highest BCUT2D eigenvalue weighted by Gasteiger charge is 2.36. The first kappa shape index (κ1) is 21.2. The molecule has 2 aliphatic rings. The van der Waals surface area contributed by atoms with Crippen LogP contribution in [0.15, 0.2) is 35.5 Å². The summed E-state index contributed by atoms with van der Waals surface area (Å²) < 4.78 is 24.9. The predicted octanol–water partition coefficient (Wildman–Crippen LogP) is 1.49. The summed E-state index contributed by atoms with van der Waals surface area (Å²) in [6.45, 7) is 1.20. The van der Waals surface area contributed by atoms with Crippen LogP contribution in [0.25, 0.3) is 0 Å². The van der Waals surface area contributed by atoms with Crippen LogP contribution >= 0.6 is 0 Å². The maximum Gasteiger partial charge on any atom is 0.281 e. The molecule has 0 aromatic heterocycles. The number of halogens is 1. The maximum absolute atomic E-state index is 14.1. The highest BCUT2D eigenvalue weighted by Crippen LogP contribution is 2.36. The fourth-order valence-corrected chi connectivity index (χ4v) is 3.59. The Balaban J connectivity index is 1.65. The summed E-state index contributed by atoms with van der Waals surface area (Å²) >= 11 is 0. The number of carbonyl (C=O) groups excluding carboxylic acids is 3. The molecule has 0 fully saturated rings. The summed E-state index contributed by atoms with van der Waals surface area (Å²) in [7, 11) is 0. The van der Waals surface area contributed by atoms with Crippen molar-refractivity contribution in [1.82, 2.24) is 5.32 Å². The molecule has 0 spiro atoms. The van der Waals surface area contributed by atoms with Gasteiger partial charge in [-0.15, -0.1) is 0 Å². The number of oxime groups is 1. The van der Waals surface area contributed by atoms with E-state index in [1.165, 1.54) is 42.2 Å². The van der Waals surface area contributed by atoms with Gasteiger partial charge in [0.15, 0.2) is 12.5 Å². The zero-order valence-corrected chi connectivity index (χ0v) is 17.0. The van der Waals surface area contributed by atoms with E-state index in [-0.39, 0.29) is 38.1 Å². The van der Waals surface area contributed by atoms with Crippen LogP contribution in [0.2, 0.25) is 0 Å². The highest BCUT2D eigenvalue weighted by atomic mass is 19.1. The molecule has 0 saturated heterocycles. The molecule has 0 aliphatic carbocycles. The molecule has 2 heterocycles. The van der Waals surface area contributed by atoms with Crippen LogP contribution in [-0.2, 0) is 32.3 Å². The van der Waals surface area contributed by atoms with Gasteiger partial charge in [0.05, 0.1) is 25.4 Å². The van der Waals surface area contributed by atoms with E-state index >= 15 is 0 Å². The third kappa shape index (κ3) is 4.10. The summed E-state index contributed by atoms with van der Waals surface area (Å²) in [4.78, 5) is 37.2. The second-order valence-electron chi connectivity index (χ2n) is 7.19. The number of hydrogen-bond acceptors (Lipinski definition) is 7. The monoisotopic (exact) mass is 442 g/mol. The molecular formula is C21H19FN4O6. The standard InChI is InChI=1S/C21H19FN4O6/c1-11(27)23-7-18(28)24-15-2-3-16-17(6-15)26(21(29)19(16)25-30)8-12-4-14(22)5-13-9-31-10-32-20(12)13/h2-6,30H,7-10H2,1H3,(H,23,27)(H,24,28)/b25-19-. The van der Waals surface area contributed by atoms with E-state index in [1.54, 1.807) is 0 Å². The van der Waals surface area contributed by atoms with E-state index in [0.717, 1.165) is 0 Å². The summed E-state index contributed by atoms with van der Waals surface area (Å²) in [5.41, 5.74) is 1.85. The number of hydrogen-bond donors (Lipinski definition) is 3. The van der Waals surface area contributed by atoms with Gasteiger partial charge in [-0.25, -0.2) is 4.39 Å². The number of carbonyl (C=O) groups is 3. The largest absolute Gasteiger partial charge is 0.467 e. The Kier molecular flexibility index (Phi) is 5.73. The molecule has 11 heteroatoms. The van der Waals surface area contributed by atoms with Crippen molar-refractivity contribution in [3.8, 4) is 5.75 Å². The normalized spacial score (nSPS) is 15.8. The molecular weight excluding hydrogens is 423 g/mol. The van der Waals surface area contributed by atoms with E-state index < -0.39 is 17.6 Å².